The number of hydrogen-bond donors (Lipinski definition) is 2. The Labute approximate surface area is 116 Å². The zero-order chi connectivity index (χ0) is 15.7. The second-order valence-electron chi connectivity index (χ2n) is 5.74. The summed E-state index contributed by atoms with van der Waals surface area (Å²) in [5, 5.41) is 21.7. The molecule has 6 nitrogen and oxygen atoms in total. The third-order valence-corrected chi connectivity index (χ3v) is 2.39. The maximum Gasteiger partial charge on any atom is 0.323 e. The average molecular weight is 276 g/mol. The highest BCUT2D eigenvalue weighted by atomic mass is 16.4. The summed E-state index contributed by atoms with van der Waals surface area (Å²) in [6.07, 6.45) is 1.56. The number of carbonyl (C=O) groups is 2. The fourth-order valence-electron chi connectivity index (χ4n) is 1.55. The van der Waals surface area contributed by atoms with E-state index in [1.54, 1.807) is 28.1 Å². The third kappa shape index (κ3) is 11.7. The van der Waals surface area contributed by atoms with Gasteiger partial charge < -0.3 is 24.8 Å². The predicted molar refractivity (Wildman–Crippen MR) is 72.5 cm³/mol. The van der Waals surface area contributed by atoms with Gasteiger partial charge in [0, 0.05) is 0 Å². The van der Waals surface area contributed by atoms with Crippen LogP contribution in [0.1, 0.15) is 33.6 Å². The molecule has 19 heavy (non-hydrogen) atoms. The quantitative estimate of drug-likeness (QED) is 0.622. The van der Waals surface area contributed by atoms with Crippen molar-refractivity contribution in [2.24, 2.45) is 0 Å². The van der Waals surface area contributed by atoms with Crippen molar-refractivity contribution in [2.45, 2.75) is 39.2 Å². The number of nitrogens with zero attached hydrogens (tertiary/aromatic N) is 1. The molecule has 0 saturated heterocycles. The van der Waals surface area contributed by atoms with E-state index in [4.69, 9.17) is 5.11 Å². The number of likely N-dealkylation sites (N-methyl/N-ethyl adjacent to an activating group) is 2. The normalized spacial score (nSPS) is 14.0. The first-order valence-electron chi connectivity index (χ1n) is 6.47. The zero-order valence-corrected chi connectivity index (χ0v) is 12.9. The van der Waals surface area contributed by atoms with Crippen LogP contribution in [0.3, 0.4) is 0 Å². The van der Waals surface area contributed by atoms with Crippen molar-refractivity contribution in [3.8, 4) is 0 Å². The number of rotatable bonds is 7. The lowest BCUT2D eigenvalue weighted by atomic mass is 9.96. The van der Waals surface area contributed by atoms with Crippen LogP contribution in [0.25, 0.3) is 0 Å². The second kappa shape index (κ2) is 8.87. The molecule has 0 aromatic carbocycles. The molecule has 0 rings (SSSR count). The Morgan fingerprint density at radius 2 is 1.74 bits per heavy atom. The first-order chi connectivity index (χ1) is 8.48. The molecule has 0 aliphatic rings. The topological polar surface area (TPSA) is 89.5 Å². The van der Waals surface area contributed by atoms with Gasteiger partial charge in [-0.25, -0.2) is 0 Å². The number of nitrogens with one attached hydrogen (secondary N) is 1. The first-order valence-corrected chi connectivity index (χ1v) is 6.47. The summed E-state index contributed by atoms with van der Waals surface area (Å²) in [6.45, 7) is 6.39. The van der Waals surface area contributed by atoms with E-state index < -0.39 is 17.5 Å². The van der Waals surface area contributed by atoms with Crippen molar-refractivity contribution in [3.05, 3.63) is 0 Å². The van der Waals surface area contributed by atoms with Crippen LogP contribution < -0.4 is 10.4 Å². The minimum atomic E-state index is -1.00. The van der Waals surface area contributed by atoms with Gasteiger partial charge in [0.25, 0.3) is 0 Å². The highest BCUT2D eigenvalue weighted by molar-refractivity contribution is 5.78. The van der Waals surface area contributed by atoms with Gasteiger partial charge in [0.15, 0.2) is 0 Å². The molecular weight excluding hydrogens is 248 g/mol. The van der Waals surface area contributed by atoms with E-state index in [2.05, 4.69) is 5.32 Å². The number of aliphatic carboxylic acids is 2. The van der Waals surface area contributed by atoms with Gasteiger partial charge in [-0.15, -0.1) is 0 Å². The lowest BCUT2D eigenvalue weighted by Crippen LogP contribution is -2.49. The highest BCUT2D eigenvalue weighted by Gasteiger charge is 2.30. The highest BCUT2D eigenvalue weighted by Crippen LogP contribution is 2.11. The van der Waals surface area contributed by atoms with E-state index >= 15 is 0 Å². The lowest BCUT2D eigenvalue weighted by molar-refractivity contribution is -0.864. The molecule has 0 radical (unpaired) electrons. The molecule has 2 N–H and O–H groups in total. The Bertz CT molecular complexity index is 279. The van der Waals surface area contributed by atoms with Crippen molar-refractivity contribution < 1.29 is 24.3 Å². The molecule has 0 aliphatic carbocycles. The van der Waals surface area contributed by atoms with Gasteiger partial charge in [-0.2, -0.15) is 0 Å². The molecule has 0 bridgehead atoms. The van der Waals surface area contributed by atoms with Crippen LogP contribution in [0.5, 0.6) is 0 Å². The number of carboxylic acids is 2. The van der Waals surface area contributed by atoms with Crippen LogP contribution in [0.2, 0.25) is 0 Å². The average Bonchev–Trinajstić information content (AvgIpc) is 2.14. The van der Waals surface area contributed by atoms with E-state index in [1.807, 2.05) is 13.8 Å². The van der Waals surface area contributed by atoms with Gasteiger partial charge in [-0.3, -0.25) is 4.79 Å². The maximum atomic E-state index is 10.7. The molecular formula is C13H28N2O4. The van der Waals surface area contributed by atoms with Gasteiger partial charge in [0.05, 0.1) is 27.1 Å². The zero-order valence-electron chi connectivity index (χ0n) is 12.9. The van der Waals surface area contributed by atoms with Crippen LogP contribution in [-0.2, 0) is 9.59 Å². The SMILES string of the molecule is CCCC(C)(NCC)C(=O)O.C[N+](C)(C)CC(=O)[O-]. The Morgan fingerprint density at radius 1 is 1.26 bits per heavy atom. The largest absolute Gasteiger partial charge is 0.544 e. The summed E-state index contributed by atoms with van der Waals surface area (Å²) in [7, 11) is 5.40. The van der Waals surface area contributed by atoms with Crippen molar-refractivity contribution in [1.29, 1.82) is 0 Å². The van der Waals surface area contributed by atoms with Crippen molar-refractivity contribution in [2.75, 3.05) is 34.2 Å². The van der Waals surface area contributed by atoms with Crippen LogP contribution in [-0.4, -0.2) is 61.3 Å². The molecule has 1 unspecified atom stereocenters. The molecule has 0 heterocycles. The Balaban J connectivity index is 0. The fourth-order valence-corrected chi connectivity index (χ4v) is 1.55. The minimum absolute atomic E-state index is 0.0694. The summed E-state index contributed by atoms with van der Waals surface area (Å²) >= 11 is 0. The van der Waals surface area contributed by atoms with E-state index in [9.17, 15) is 14.7 Å². The Hall–Kier alpha value is -1.14. The van der Waals surface area contributed by atoms with Crippen LogP contribution >= 0.6 is 0 Å². The molecule has 114 valence electrons. The number of carboxylic acid groups (broad SMARTS) is 2. The summed E-state index contributed by atoms with van der Waals surface area (Å²) in [5.41, 5.74) is -0.733. The van der Waals surface area contributed by atoms with Gasteiger partial charge in [0.1, 0.15) is 12.1 Å². The summed E-state index contributed by atoms with van der Waals surface area (Å²) in [6, 6.07) is 0. The molecule has 0 aromatic heterocycles. The predicted octanol–water partition coefficient (Wildman–Crippen LogP) is -0.318. The Kier molecular flexibility index (Phi) is 9.43. The van der Waals surface area contributed by atoms with Gasteiger partial charge in [0.2, 0.25) is 0 Å². The standard InChI is InChI=1S/C8H17NO2.C5H11NO2/c1-4-6-8(3,7(10)11)9-5-2;1-6(2,3)4-5(7)8/h9H,4-6H2,1-3H3,(H,10,11);4H2,1-3H3. The molecule has 0 spiro atoms. The monoisotopic (exact) mass is 276 g/mol. The summed E-state index contributed by atoms with van der Waals surface area (Å²) < 4.78 is 0.419. The van der Waals surface area contributed by atoms with E-state index in [0.29, 0.717) is 17.4 Å². The Morgan fingerprint density at radius 3 is 1.89 bits per heavy atom. The molecule has 0 saturated carbocycles. The molecule has 1 atom stereocenters. The number of hydrogen-bond acceptors (Lipinski definition) is 4. The minimum Gasteiger partial charge on any atom is -0.544 e. The van der Waals surface area contributed by atoms with Gasteiger partial charge in [-0.05, 0) is 19.9 Å². The van der Waals surface area contributed by atoms with Crippen molar-refractivity contribution >= 4 is 11.9 Å². The number of carbonyl (C=O) groups excluding carboxylic acids is 1. The van der Waals surface area contributed by atoms with Gasteiger partial charge >= 0.3 is 5.97 Å². The van der Waals surface area contributed by atoms with E-state index in [-0.39, 0.29) is 6.54 Å². The lowest BCUT2D eigenvalue weighted by Gasteiger charge is -2.24. The second-order valence-corrected chi connectivity index (χ2v) is 5.74. The molecule has 0 aliphatic heterocycles. The van der Waals surface area contributed by atoms with Crippen LogP contribution in [0, 0.1) is 0 Å². The smallest absolute Gasteiger partial charge is 0.323 e. The van der Waals surface area contributed by atoms with Gasteiger partial charge in [-0.1, -0.05) is 20.3 Å². The maximum absolute atomic E-state index is 10.7. The summed E-state index contributed by atoms with van der Waals surface area (Å²) in [4.78, 5) is 20.6. The third-order valence-electron chi connectivity index (χ3n) is 2.39. The van der Waals surface area contributed by atoms with E-state index in [1.165, 1.54) is 0 Å². The van der Waals surface area contributed by atoms with Crippen LogP contribution in [0.4, 0.5) is 0 Å². The molecule has 6 heteroatoms. The molecule has 0 fully saturated rings. The van der Waals surface area contributed by atoms with Crippen LogP contribution in [0.15, 0.2) is 0 Å². The van der Waals surface area contributed by atoms with Crippen molar-refractivity contribution in [3.63, 3.8) is 0 Å². The van der Waals surface area contributed by atoms with Crippen molar-refractivity contribution in [1.82, 2.24) is 5.32 Å². The van der Waals surface area contributed by atoms with E-state index in [0.717, 1.165) is 6.42 Å². The molecule has 0 aromatic rings. The summed E-state index contributed by atoms with van der Waals surface area (Å²) in [5.74, 6) is -1.77. The fraction of sp³-hybridized carbons (Fsp3) is 0.846. The first kappa shape index (κ1) is 20.2. The molecule has 0 amide bonds. The number of quaternary nitrogens is 1.